The van der Waals surface area contributed by atoms with Crippen molar-refractivity contribution in [3.05, 3.63) is 0 Å². The zero-order valence-electron chi connectivity index (χ0n) is 15.7. The van der Waals surface area contributed by atoms with Crippen LogP contribution >= 0.6 is 0 Å². The summed E-state index contributed by atoms with van der Waals surface area (Å²) in [7, 11) is 0. The number of aliphatic hydroxyl groups is 9. The molecular weight excluding hydrogens is 416 g/mol. The maximum absolute atomic E-state index is 10.7. The molecule has 3 heterocycles. The topological polar surface area (TPSA) is 228 Å². The average molecular weight is 444 g/mol. The van der Waals surface area contributed by atoms with Crippen molar-refractivity contribution in [1.82, 2.24) is 0 Å². The molecule has 0 spiro atoms. The molecule has 30 heavy (non-hydrogen) atoms. The predicted molar refractivity (Wildman–Crippen MR) is 89.2 cm³/mol. The van der Waals surface area contributed by atoms with E-state index >= 15 is 0 Å². The molecule has 3 aliphatic rings. The number of hydrogen-bond acceptors (Lipinski definition) is 14. The highest BCUT2D eigenvalue weighted by Gasteiger charge is 2.51. The minimum Gasteiger partial charge on any atom is -0.394 e. The molecule has 0 bridgehead atoms. The zero-order valence-corrected chi connectivity index (χ0v) is 15.7. The summed E-state index contributed by atoms with van der Waals surface area (Å²) in [6.07, 6.45) is -20.2. The number of rotatable bonds is 5. The Morgan fingerprint density at radius 2 is 1.10 bits per heavy atom. The van der Waals surface area contributed by atoms with E-state index in [4.69, 9.17) is 23.7 Å². The van der Waals surface area contributed by atoms with E-state index < -0.39 is 86.5 Å². The van der Waals surface area contributed by atoms with Crippen LogP contribution in [0, 0.1) is 0 Å². The molecule has 0 aromatic rings. The van der Waals surface area contributed by atoms with Gasteiger partial charge >= 0.3 is 0 Å². The van der Waals surface area contributed by atoms with Gasteiger partial charge in [0.15, 0.2) is 18.9 Å². The van der Waals surface area contributed by atoms with E-state index in [9.17, 15) is 46.0 Å². The predicted octanol–water partition coefficient (Wildman–Crippen LogP) is -6.29. The maximum Gasteiger partial charge on any atom is 0.186 e. The third-order valence-corrected chi connectivity index (χ3v) is 5.31. The van der Waals surface area contributed by atoms with E-state index in [-0.39, 0.29) is 13.2 Å². The molecule has 0 saturated carbocycles. The molecule has 14 heteroatoms. The van der Waals surface area contributed by atoms with Gasteiger partial charge in [0, 0.05) is 0 Å². The molecular formula is C16H28O14. The molecule has 13 atom stereocenters. The molecule has 0 amide bonds. The van der Waals surface area contributed by atoms with Crippen molar-refractivity contribution in [1.29, 1.82) is 0 Å². The minimum atomic E-state index is -1.80. The Morgan fingerprint density at radius 3 is 1.57 bits per heavy atom. The molecule has 0 radical (unpaired) electrons. The van der Waals surface area contributed by atoms with Crippen LogP contribution in [0.1, 0.15) is 0 Å². The van der Waals surface area contributed by atoms with Gasteiger partial charge in [-0.1, -0.05) is 0 Å². The van der Waals surface area contributed by atoms with Gasteiger partial charge in [0.1, 0.15) is 61.0 Å². The smallest absolute Gasteiger partial charge is 0.186 e. The van der Waals surface area contributed by atoms with E-state index in [1.165, 1.54) is 0 Å². The molecule has 0 unspecified atom stereocenters. The first-order chi connectivity index (χ1) is 14.1. The molecule has 0 aromatic carbocycles. The van der Waals surface area contributed by atoms with Gasteiger partial charge in [-0.15, -0.1) is 0 Å². The van der Waals surface area contributed by atoms with Crippen molar-refractivity contribution in [2.24, 2.45) is 0 Å². The summed E-state index contributed by atoms with van der Waals surface area (Å²) in [5.74, 6) is 0. The van der Waals surface area contributed by atoms with Gasteiger partial charge in [-0.3, -0.25) is 0 Å². The molecule has 176 valence electrons. The summed E-state index contributed by atoms with van der Waals surface area (Å²) in [4.78, 5) is 0. The Hall–Kier alpha value is -0.560. The third kappa shape index (κ3) is 4.77. The second kappa shape index (κ2) is 9.93. The summed E-state index contributed by atoms with van der Waals surface area (Å²) in [5, 5.41) is 88.9. The van der Waals surface area contributed by atoms with E-state index in [1.54, 1.807) is 0 Å². The van der Waals surface area contributed by atoms with Crippen LogP contribution in [-0.4, -0.2) is 146 Å². The van der Waals surface area contributed by atoms with Crippen molar-refractivity contribution < 1.29 is 69.6 Å². The summed E-state index contributed by atoms with van der Waals surface area (Å²) in [5.41, 5.74) is 0. The lowest BCUT2D eigenvalue weighted by molar-refractivity contribution is -0.371. The number of aliphatic hydroxyl groups excluding tert-OH is 9. The van der Waals surface area contributed by atoms with Gasteiger partial charge in [0.25, 0.3) is 0 Å². The van der Waals surface area contributed by atoms with E-state index in [0.29, 0.717) is 0 Å². The van der Waals surface area contributed by atoms with E-state index in [0.717, 1.165) is 0 Å². The van der Waals surface area contributed by atoms with Crippen molar-refractivity contribution in [3.8, 4) is 0 Å². The Kier molecular flexibility index (Phi) is 7.97. The second-order valence-electron chi connectivity index (χ2n) is 7.44. The molecule has 3 saturated heterocycles. The molecule has 14 nitrogen and oxygen atoms in total. The summed E-state index contributed by atoms with van der Waals surface area (Å²) >= 11 is 0. The summed E-state index contributed by atoms with van der Waals surface area (Å²) in [6, 6.07) is 0. The molecule has 3 aliphatic heterocycles. The van der Waals surface area contributed by atoms with Crippen molar-refractivity contribution in [2.45, 2.75) is 79.9 Å². The third-order valence-electron chi connectivity index (χ3n) is 5.31. The van der Waals surface area contributed by atoms with E-state index in [2.05, 4.69) is 0 Å². The SMILES string of the molecule is OC[C@H]1O[C@@H](O)[C@H](O[C@@H]2OC[C@@H](O)[C@H](O)[C@H]2O)[C@@H](O)[C@@H]1O[C@@H]1OC[C@@H](O)[C@H](O)[C@H]1O. The quantitative estimate of drug-likeness (QED) is 0.192. The highest BCUT2D eigenvalue weighted by Crippen LogP contribution is 2.30. The van der Waals surface area contributed by atoms with Gasteiger partial charge in [-0.2, -0.15) is 0 Å². The fourth-order valence-corrected chi connectivity index (χ4v) is 3.48. The highest BCUT2D eigenvalue weighted by atomic mass is 16.7. The molecule has 0 aliphatic carbocycles. The second-order valence-corrected chi connectivity index (χ2v) is 7.44. The average Bonchev–Trinajstić information content (AvgIpc) is 2.72. The number of hydrogen-bond donors (Lipinski definition) is 9. The van der Waals surface area contributed by atoms with Gasteiger partial charge in [0.05, 0.1) is 19.8 Å². The largest absolute Gasteiger partial charge is 0.394 e. The van der Waals surface area contributed by atoms with Crippen LogP contribution in [0.4, 0.5) is 0 Å². The van der Waals surface area contributed by atoms with Crippen LogP contribution in [0.25, 0.3) is 0 Å². The van der Waals surface area contributed by atoms with Crippen molar-refractivity contribution in [2.75, 3.05) is 19.8 Å². The fraction of sp³-hybridized carbons (Fsp3) is 1.00. The first kappa shape index (κ1) is 24.1. The van der Waals surface area contributed by atoms with Crippen molar-refractivity contribution in [3.63, 3.8) is 0 Å². The van der Waals surface area contributed by atoms with Gasteiger partial charge in [0.2, 0.25) is 0 Å². The minimum absolute atomic E-state index is 0.374. The maximum atomic E-state index is 10.7. The van der Waals surface area contributed by atoms with Gasteiger partial charge < -0.3 is 69.6 Å². The first-order valence-electron chi connectivity index (χ1n) is 9.40. The van der Waals surface area contributed by atoms with Gasteiger partial charge in [-0.25, -0.2) is 0 Å². The van der Waals surface area contributed by atoms with Crippen LogP contribution in [0.15, 0.2) is 0 Å². The summed E-state index contributed by atoms with van der Waals surface area (Å²) < 4.78 is 26.2. The standard InChI is InChI=1S/C16H28O14/c17-1-6-12(29-15-9(22)7(20)4(18)2-26-15)11(24)13(14(25)28-6)30-16-10(23)8(21)5(19)3-27-16/h4-25H,1-3H2/t4-,5-,6-,7+,8+,9-,10-,11+,12-,13-,14-,15+,16+/m1/s1. The normalized spacial score (nSPS) is 52.9. The highest BCUT2D eigenvalue weighted by molar-refractivity contribution is 4.94. The molecule has 0 aromatic heterocycles. The van der Waals surface area contributed by atoms with Crippen molar-refractivity contribution >= 4 is 0 Å². The first-order valence-corrected chi connectivity index (χ1v) is 9.40. The number of ether oxygens (including phenoxy) is 5. The molecule has 3 fully saturated rings. The van der Waals surface area contributed by atoms with Gasteiger partial charge in [-0.05, 0) is 0 Å². The van der Waals surface area contributed by atoms with Crippen LogP contribution in [-0.2, 0) is 23.7 Å². The molecule has 9 N–H and O–H groups in total. The monoisotopic (exact) mass is 444 g/mol. The van der Waals surface area contributed by atoms with E-state index in [1.807, 2.05) is 0 Å². The zero-order chi connectivity index (χ0) is 22.2. The lowest BCUT2D eigenvalue weighted by atomic mass is 9.97. The van der Waals surface area contributed by atoms with Crippen LogP contribution < -0.4 is 0 Å². The van der Waals surface area contributed by atoms with Crippen LogP contribution in [0.3, 0.4) is 0 Å². The lowest BCUT2D eigenvalue weighted by Gasteiger charge is -2.46. The molecule has 3 rings (SSSR count). The Balaban J connectivity index is 1.70. The Labute approximate surface area is 170 Å². The summed E-state index contributed by atoms with van der Waals surface area (Å²) in [6.45, 7) is -1.47. The lowest BCUT2D eigenvalue weighted by Crippen LogP contribution is -2.65. The van der Waals surface area contributed by atoms with Crippen LogP contribution in [0.2, 0.25) is 0 Å². The van der Waals surface area contributed by atoms with Crippen LogP contribution in [0.5, 0.6) is 0 Å². The fourth-order valence-electron chi connectivity index (χ4n) is 3.48. The Morgan fingerprint density at radius 1 is 0.633 bits per heavy atom. The Bertz CT molecular complexity index is 552.